The summed E-state index contributed by atoms with van der Waals surface area (Å²) < 4.78 is 41.9. The molecule has 2 fully saturated rings. The van der Waals surface area contributed by atoms with Crippen LogP contribution in [0.4, 0.5) is 13.2 Å². The van der Waals surface area contributed by atoms with E-state index < -0.39 is 12.0 Å². The topological polar surface area (TPSA) is 44.7 Å². The van der Waals surface area contributed by atoms with E-state index in [0.717, 1.165) is 45.2 Å². The second-order valence-corrected chi connectivity index (χ2v) is 8.22. The normalized spacial score (nSPS) is 28.7. The van der Waals surface area contributed by atoms with Gasteiger partial charge in [0.05, 0.1) is 5.60 Å². The van der Waals surface area contributed by atoms with Crippen LogP contribution in [0.2, 0.25) is 0 Å². The molecule has 0 bridgehead atoms. The number of benzene rings is 1. The Morgan fingerprint density at radius 1 is 1.20 bits per heavy atom. The summed E-state index contributed by atoms with van der Waals surface area (Å²) in [5, 5.41) is 15.1. The Morgan fingerprint density at radius 2 is 1.93 bits per heavy atom. The maximum absolute atomic E-state index is 12.6. The number of rotatable bonds is 5. The van der Waals surface area contributed by atoms with Crippen LogP contribution in [0.5, 0.6) is 5.75 Å². The van der Waals surface area contributed by atoms with E-state index in [9.17, 15) is 18.3 Å². The monoisotopic (exact) mass is 472 g/mol. The molecular formula is C21H33Cl2F3N2O2. The van der Waals surface area contributed by atoms with E-state index >= 15 is 0 Å². The summed E-state index contributed by atoms with van der Waals surface area (Å²) in [4.78, 5) is 2.39. The molecule has 2 N–H and O–H groups in total. The van der Waals surface area contributed by atoms with Gasteiger partial charge in [-0.1, -0.05) is 31.9 Å². The summed E-state index contributed by atoms with van der Waals surface area (Å²) in [5.41, 5.74) is -0.289. The van der Waals surface area contributed by atoms with Gasteiger partial charge in [-0.15, -0.1) is 38.0 Å². The maximum Gasteiger partial charge on any atom is 0.573 e. The zero-order valence-corrected chi connectivity index (χ0v) is 19.1. The van der Waals surface area contributed by atoms with Crippen molar-refractivity contribution in [3.05, 3.63) is 29.8 Å². The number of alkyl halides is 3. The highest BCUT2D eigenvalue weighted by atomic mass is 35.5. The van der Waals surface area contributed by atoms with E-state index in [1.54, 1.807) is 12.1 Å². The maximum atomic E-state index is 12.6. The summed E-state index contributed by atoms with van der Waals surface area (Å²) in [6.45, 7) is 3.77. The Labute approximate surface area is 189 Å². The third kappa shape index (κ3) is 6.39. The highest BCUT2D eigenvalue weighted by Gasteiger charge is 2.47. The van der Waals surface area contributed by atoms with Crippen LogP contribution >= 0.6 is 24.8 Å². The van der Waals surface area contributed by atoms with Crippen molar-refractivity contribution in [1.29, 1.82) is 0 Å². The van der Waals surface area contributed by atoms with Gasteiger partial charge in [0.2, 0.25) is 0 Å². The third-order valence-corrected chi connectivity index (χ3v) is 6.53. The van der Waals surface area contributed by atoms with Crippen molar-refractivity contribution in [2.75, 3.05) is 20.1 Å². The number of piperidine rings is 1. The summed E-state index contributed by atoms with van der Waals surface area (Å²) in [7, 11) is 1.97. The van der Waals surface area contributed by atoms with Crippen LogP contribution in [-0.2, 0) is 0 Å². The van der Waals surface area contributed by atoms with E-state index in [1.165, 1.54) is 12.1 Å². The SMILES string of the molecule is CN[C@H]1CCCN(C2CCCCC2(O)C(C)c2cccc(OC(F)(F)F)c2)C1.Cl.Cl. The molecule has 2 aliphatic rings. The molecule has 1 aromatic rings. The zero-order valence-electron chi connectivity index (χ0n) is 17.5. The van der Waals surface area contributed by atoms with Gasteiger partial charge in [-0.05, 0) is 57.0 Å². The molecule has 3 unspecified atom stereocenters. The molecule has 174 valence electrons. The average Bonchev–Trinajstić information content (AvgIpc) is 2.66. The summed E-state index contributed by atoms with van der Waals surface area (Å²) in [6.07, 6.45) is 1.06. The number of hydrogen-bond donors (Lipinski definition) is 2. The van der Waals surface area contributed by atoms with Gasteiger partial charge < -0.3 is 15.2 Å². The summed E-state index contributed by atoms with van der Waals surface area (Å²) in [5.74, 6) is -0.523. The van der Waals surface area contributed by atoms with Crippen LogP contribution < -0.4 is 10.1 Å². The van der Waals surface area contributed by atoms with Gasteiger partial charge in [0.15, 0.2) is 0 Å². The van der Waals surface area contributed by atoms with E-state index in [1.807, 2.05) is 14.0 Å². The van der Waals surface area contributed by atoms with Gasteiger partial charge in [0, 0.05) is 24.5 Å². The lowest BCUT2D eigenvalue weighted by Crippen LogP contribution is -2.60. The molecule has 1 aliphatic heterocycles. The third-order valence-electron chi connectivity index (χ3n) is 6.53. The molecule has 1 heterocycles. The fourth-order valence-electron chi connectivity index (χ4n) is 4.96. The van der Waals surface area contributed by atoms with E-state index in [4.69, 9.17) is 0 Å². The Balaban J connectivity index is 0.00000225. The molecule has 1 saturated carbocycles. The number of halogens is 5. The predicted octanol–water partition coefficient (Wildman–Crippen LogP) is 4.89. The molecule has 0 amide bonds. The first-order valence-corrected chi connectivity index (χ1v) is 10.2. The molecule has 4 atom stereocenters. The standard InChI is InChI=1S/C21H31F3N2O2.2ClH/c1-15(16-7-5-9-18(13-16)28-21(22,23)24)20(27)11-4-3-10-19(20)26-12-6-8-17(14-26)25-2;;/h5,7,9,13,15,17,19,25,27H,3-4,6,8,10-12,14H2,1-2H3;2*1H/t15?,17-,19?,20?;;/m0../s1. The van der Waals surface area contributed by atoms with Gasteiger partial charge in [0.25, 0.3) is 0 Å². The minimum Gasteiger partial charge on any atom is -0.406 e. The van der Waals surface area contributed by atoms with Gasteiger partial charge in [0.1, 0.15) is 5.75 Å². The fraction of sp³-hybridized carbons (Fsp3) is 0.714. The van der Waals surface area contributed by atoms with Crippen LogP contribution in [0, 0.1) is 0 Å². The number of likely N-dealkylation sites (N-methyl/N-ethyl adjacent to an activating group) is 1. The molecule has 0 aromatic heterocycles. The molecule has 9 heteroatoms. The molecule has 30 heavy (non-hydrogen) atoms. The molecule has 4 nitrogen and oxygen atoms in total. The molecular weight excluding hydrogens is 440 g/mol. The number of likely N-dealkylation sites (tertiary alicyclic amines) is 1. The Kier molecular flexibility index (Phi) is 10.2. The van der Waals surface area contributed by atoms with E-state index in [2.05, 4.69) is 15.0 Å². The molecule has 1 aromatic carbocycles. The van der Waals surface area contributed by atoms with Crippen LogP contribution in [-0.4, -0.2) is 54.2 Å². The van der Waals surface area contributed by atoms with Gasteiger partial charge in [-0.3, -0.25) is 4.90 Å². The average molecular weight is 473 g/mol. The summed E-state index contributed by atoms with van der Waals surface area (Å²) >= 11 is 0. The van der Waals surface area contributed by atoms with Gasteiger partial charge in [-0.25, -0.2) is 0 Å². The number of aliphatic hydroxyl groups is 1. The second kappa shape index (κ2) is 11.2. The van der Waals surface area contributed by atoms with Crippen LogP contribution in [0.15, 0.2) is 24.3 Å². The van der Waals surface area contributed by atoms with Crippen LogP contribution in [0.1, 0.15) is 56.9 Å². The Hall–Kier alpha value is -0.730. The first kappa shape index (κ1) is 27.3. The van der Waals surface area contributed by atoms with Crippen molar-refractivity contribution >= 4 is 24.8 Å². The smallest absolute Gasteiger partial charge is 0.406 e. The van der Waals surface area contributed by atoms with Gasteiger partial charge >= 0.3 is 6.36 Å². The molecule has 1 saturated heterocycles. The van der Waals surface area contributed by atoms with Crippen molar-refractivity contribution in [1.82, 2.24) is 10.2 Å². The Bertz CT molecular complexity index is 665. The first-order valence-electron chi connectivity index (χ1n) is 10.2. The molecule has 3 rings (SSSR count). The minimum atomic E-state index is -4.72. The van der Waals surface area contributed by atoms with Crippen molar-refractivity contribution in [2.24, 2.45) is 0 Å². The predicted molar refractivity (Wildman–Crippen MR) is 117 cm³/mol. The largest absolute Gasteiger partial charge is 0.573 e. The fourth-order valence-corrected chi connectivity index (χ4v) is 4.96. The molecule has 0 spiro atoms. The first-order chi connectivity index (χ1) is 13.2. The minimum absolute atomic E-state index is 0. The van der Waals surface area contributed by atoms with Crippen LogP contribution in [0.3, 0.4) is 0 Å². The molecule has 1 aliphatic carbocycles. The lowest BCUT2D eigenvalue weighted by Gasteiger charge is -2.51. The van der Waals surface area contributed by atoms with Crippen molar-refractivity contribution in [3.63, 3.8) is 0 Å². The number of nitrogens with one attached hydrogen (secondary N) is 1. The quantitative estimate of drug-likeness (QED) is 0.640. The van der Waals surface area contributed by atoms with Crippen molar-refractivity contribution < 1.29 is 23.0 Å². The Morgan fingerprint density at radius 3 is 2.60 bits per heavy atom. The lowest BCUT2D eigenvalue weighted by molar-refractivity contribution is -0.274. The molecule has 0 radical (unpaired) electrons. The van der Waals surface area contributed by atoms with Crippen molar-refractivity contribution in [3.8, 4) is 5.75 Å². The lowest BCUT2D eigenvalue weighted by atomic mass is 9.69. The highest BCUT2D eigenvalue weighted by Crippen LogP contribution is 2.43. The zero-order chi connectivity index (χ0) is 20.4. The van der Waals surface area contributed by atoms with Crippen LogP contribution in [0.25, 0.3) is 0 Å². The van der Waals surface area contributed by atoms with E-state index in [-0.39, 0.29) is 42.5 Å². The highest BCUT2D eigenvalue weighted by molar-refractivity contribution is 5.85. The number of ether oxygens (including phenoxy) is 1. The summed E-state index contributed by atoms with van der Waals surface area (Å²) in [6, 6.07) is 6.48. The second-order valence-electron chi connectivity index (χ2n) is 8.22. The number of nitrogens with zero attached hydrogens (tertiary/aromatic N) is 1. The van der Waals surface area contributed by atoms with Crippen molar-refractivity contribution in [2.45, 2.75) is 75.4 Å². The number of hydrogen-bond acceptors (Lipinski definition) is 4. The van der Waals surface area contributed by atoms with E-state index in [0.29, 0.717) is 18.0 Å². The van der Waals surface area contributed by atoms with Gasteiger partial charge in [-0.2, -0.15) is 0 Å².